The van der Waals surface area contributed by atoms with Crippen molar-refractivity contribution < 1.29 is 8.78 Å². The lowest BCUT2D eigenvalue weighted by molar-refractivity contribution is 0.624. The number of halogens is 3. The van der Waals surface area contributed by atoms with Gasteiger partial charge in [0, 0.05) is 10.7 Å². The van der Waals surface area contributed by atoms with Crippen LogP contribution in [0.25, 0.3) is 0 Å². The first-order valence-electron chi connectivity index (χ1n) is 6.06. The van der Waals surface area contributed by atoms with Crippen LogP contribution in [0.1, 0.15) is 24.9 Å². The summed E-state index contributed by atoms with van der Waals surface area (Å²) in [6.07, 6.45) is 0.791. The zero-order chi connectivity index (χ0) is 13.8. The van der Waals surface area contributed by atoms with Crippen LogP contribution in [0.2, 0.25) is 5.02 Å². The number of anilines is 1. The van der Waals surface area contributed by atoms with Gasteiger partial charge in [0.25, 0.3) is 0 Å². The van der Waals surface area contributed by atoms with Gasteiger partial charge < -0.3 is 5.32 Å². The van der Waals surface area contributed by atoms with E-state index in [9.17, 15) is 8.78 Å². The SMILES string of the molecule is CCC(Nc1cc(F)cc(Cl)c1)c1ccc(F)cc1. The summed E-state index contributed by atoms with van der Waals surface area (Å²) >= 11 is 5.81. The van der Waals surface area contributed by atoms with Gasteiger partial charge in [-0.2, -0.15) is 0 Å². The van der Waals surface area contributed by atoms with Gasteiger partial charge in [0.05, 0.1) is 6.04 Å². The molecule has 2 aromatic rings. The van der Waals surface area contributed by atoms with E-state index < -0.39 is 0 Å². The molecule has 0 aliphatic carbocycles. The number of rotatable bonds is 4. The second kappa shape index (κ2) is 6.02. The summed E-state index contributed by atoms with van der Waals surface area (Å²) in [5, 5.41) is 3.54. The van der Waals surface area contributed by atoms with Crippen LogP contribution < -0.4 is 5.32 Å². The predicted molar refractivity (Wildman–Crippen MR) is 74.5 cm³/mol. The lowest BCUT2D eigenvalue weighted by Gasteiger charge is -2.19. The van der Waals surface area contributed by atoms with Gasteiger partial charge in [-0.25, -0.2) is 8.78 Å². The lowest BCUT2D eigenvalue weighted by atomic mass is 10.0. The highest BCUT2D eigenvalue weighted by molar-refractivity contribution is 6.30. The summed E-state index contributed by atoms with van der Waals surface area (Å²) in [7, 11) is 0. The molecule has 4 heteroatoms. The van der Waals surface area contributed by atoms with E-state index in [0.29, 0.717) is 10.7 Å². The topological polar surface area (TPSA) is 12.0 Å². The van der Waals surface area contributed by atoms with Crippen LogP contribution in [-0.2, 0) is 0 Å². The average molecular weight is 282 g/mol. The molecule has 0 spiro atoms. The Labute approximate surface area is 116 Å². The summed E-state index contributed by atoms with van der Waals surface area (Å²) in [4.78, 5) is 0. The van der Waals surface area contributed by atoms with Gasteiger partial charge in [-0.15, -0.1) is 0 Å². The Morgan fingerprint density at radius 1 is 1.05 bits per heavy atom. The fourth-order valence-electron chi connectivity index (χ4n) is 1.95. The van der Waals surface area contributed by atoms with E-state index in [0.717, 1.165) is 12.0 Å². The maximum atomic E-state index is 13.3. The highest BCUT2D eigenvalue weighted by atomic mass is 35.5. The standard InChI is InChI=1S/C15H14ClF2N/c1-2-15(10-3-5-12(17)6-4-10)19-14-8-11(16)7-13(18)9-14/h3-9,15,19H,2H2,1H3. The Morgan fingerprint density at radius 3 is 2.32 bits per heavy atom. The normalized spacial score (nSPS) is 12.2. The molecule has 2 aromatic carbocycles. The van der Waals surface area contributed by atoms with Gasteiger partial charge in [-0.05, 0) is 42.3 Å². The Kier molecular flexibility index (Phi) is 4.38. The van der Waals surface area contributed by atoms with Crippen molar-refractivity contribution in [1.29, 1.82) is 0 Å². The van der Waals surface area contributed by atoms with Crippen molar-refractivity contribution in [3.05, 3.63) is 64.7 Å². The first kappa shape index (κ1) is 13.8. The smallest absolute Gasteiger partial charge is 0.126 e. The van der Waals surface area contributed by atoms with E-state index in [2.05, 4.69) is 5.32 Å². The second-order valence-electron chi connectivity index (χ2n) is 4.31. The zero-order valence-corrected chi connectivity index (χ0v) is 11.2. The number of nitrogens with one attached hydrogen (secondary N) is 1. The molecule has 1 N–H and O–H groups in total. The number of hydrogen-bond donors (Lipinski definition) is 1. The van der Waals surface area contributed by atoms with Crippen LogP contribution in [-0.4, -0.2) is 0 Å². The largest absolute Gasteiger partial charge is 0.378 e. The van der Waals surface area contributed by atoms with Crippen LogP contribution in [0, 0.1) is 11.6 Å². The van der Waals surface area contributed by atoms with E-state index in [1.54, 1.807) is 18.2 Å². The molecule has 19 heavy (non-hydrogen) atoms. The summed E-state index contributed by atoms with van der Waals surface area (Å²) in [6, 6.07) is 10.6. The average Bonchev–Trinajstić information content (AvgIpc) is 2.36. The molecule has 100 valence electrons. The molecule has 1 atom stereocenters. The number of hydrogen-bond acceptors (Lipinski definition) is 1. The molecule has 0 saturated carbocycles. The molecular weight excluding hydrogens is 268 g/mol. The molecule has 0 saturated heterocycles. The Morgan fingerprint density at radius 2 is 1.74 bits per heavy atom. The van der Waals surface area contributed by atoms with Crippen molar-refractivity contribution in [3.8, 4) is 0 Å². The van der Waals surface area contributed by atoms with Crippen molar-refractivity contribution in [2.45, 2.75) is 19.4 Å². The lowest BCUT2D eigenvalue weighted by Crippen LogP contribution is -2.09. The van der Waals surface area contributed by atoms with Crippen LogP contribution in [0.15, 0.2) is 42.5 Å². The third-order valence-electron chi connectivity index (χ3n) is 2.88. The van der Waals surface area contributed by atoms with Crippen molar-refractivity contribution in [3.63, 3.8) is 0 Å². The van der Waals surface area contributed by atoms with Gasteiger partial charge in [0.2, 0.25) is 0 Å². The van der Waals surface area contributed by atoms with Crippen LogP contribution in [0.5, 0.6) is 0 Å². The Balaban J connectivity index is 2.21. The first-order chi connectivity index (χ1) is 9.08. The van der Waals surface area contributed by atoms with Crippen molar-refractivity contribution in [2.75, 3.05) is 5.32 Å². The van der Waals surface area contributed by atoms with Gasteiger partial charge in [0.1, 0.15) is 11.6 Å². The van der Waals surface area contributed by atoms with Crippen LogP contribution >= 0.6 is 11.6 Å². The molecule has 0 heterocycles. The first-order valence-corrected chi connectivity index (χ1v) is 6.44. The molecule has 0 amide bonds. The molecule has 0 bridgehead atoms. The monoisotopic (exact) mass is 281 g/mol. The van der Waals surface area contributed by atoms with Crippen LogP contribution in [0.3, 0.4) is 0 Å². The molecule has 0 aliphatic heterocycles. The van der Waals surface area contributed by atoms with E-state index in [-0.39, 0.29) is 17.7 Å². The summed E-state index contributed by atoms with van der Waals surface area (Å²) in [5.74, 6) is -0.656. The minimum Gasteiger partial charge on any atom is -0.378 e. The molecule has 1 nitrogen and oxygen atoms in total. The molecule has 0 aromatic heterocycles. The highest BCUT2D eigenvalue weighted by Crippen LogP contribution is 2.25. The van der Waals surface area contributed by atoms with E-state index in [1.807, 2.05) is 6.92 Å². The fourth-order valence-corrected chi connectivity index (χ4v) is 2.18. The number of benzene rings is 2. The maximum absolute atomic E-state index is 13.3. The van der Waals surface area contributed by atoms with Gasteiger partial charge in [0.15, 0.2) is 0 Å². The third-order valence-corrected chi connectivity index (χ3v) is 3.10. The third kappa shape index (κ3) is 3.67. The summed E-state index contributed by atoms with van der Waals surface area (Å²) in [6.45, 7) is 2.00. The molecule has 1 unspecified atom stereocenters. The second-order valence-corrected chi connectivity index (χ2v) is 4.75. The van der Waals surface area contributed by atoms with Gasteiger partial charge in [-0.3, -0.25) is 0 Å². The molecule has 0 fully saturated rings. The maximum Gasteiger partial charge on any atom is 0.126 e. The van der Waals surface area contributed by atoms with Crippen molar-refractivity contribution in [1.82, 2.24) is 0 Å². The van der Waals surface area contributed by atoms with E-state index >= 15 is 0 Å². The summed E-state index contributed by atoms with van der Waals surface area (Å²) < 4.78 is 26.2. The predicted octanol–water partition coefficient (Wildman–Crippen LogP) is 5.18. The Hall–Kier alpha value is -1.61. The minimum absolute atomic E-state index is 0.0153. The highest BCUT2D eigenvalue weighted by Gasteiger charge is 2.10. The van der Waals surface area contributed by atoms with Crippen LogP contribution in [0.4, 0.5) is 14.5 Å². The van der Waals surface area contributed by atoms with Gasteiger partial charge >= 0.3 is 0 Å². The van der Waals surface area contributed by atoms with Gasteiger partial charge in [-0.1, -0.05) is 30.7 Å². The molecule has 2 rings (SSSR count). The minimum atomic E-state index is -0.385. The fraction of sp³-hybridized carbons (Fsp3) is 0.200. The summed E-state index contributed by atoms with van der Waals surface area (Å²) in [5.41, 5.74) is 1.56. The van der Waals surface area contributed by atoms with Crippen molar-refractivity contribution >= 4 is 17.3 Å². The van der Waals surface area contributed by atoms with E-state index in [4.69, 9.17) is 11.6 Å². The molecule has 0 aliphatic rings. The quantitative estimate of drug-likeness (QED) is 0.814. The van der Waals surface area contributed by atoms with Crippen molar-refractivity contribution in [2.24, 2.45) is 0 Å². The zero-order valence-electron chi connectivity index (χ0n) is 10.5. The Bertz CT molecular complexity index is 534. The molecule has 0 radical (unpaired) electrons. The molecular formula is C15H14ClF2N. The van der Waals surface area contributed by atoms with E-state index in [1.165, 1.54) is 24.3 Å².